The van der Waals surface area contributed by atoms with Crippen LogP contribution in [0.2, 0.25) is 5.15 Å². The highest BCUT2D eigenvalue weighted by molar-refractivity contribution is 6.29. The third-order valence-electron chi connectivity index (χ3n) is 4.92. The number of nitrogens with zero attached hydrogens (tertiary/aromatic N) is 3. The molecule has 1 unspecified atom stereocenters. The molecule has 7 nitrogen and oxygen atoms in total. The number of nitrogens with one attached hydrogen (secondary N) is 2. The molecule has 1 atom stereocenters. The van der Waals surface area contributed by atoms with Crippen molar-refractivity contribution in [1.82, 2.24) is 20.5 Å². The number of benzene rings is 1. The van der Waals surface area contributed by atoms with Crippen molar-refractivity contribution in [3.8, 4) is 5.75 Å². The second-order valence-corrected chi connectivity index (χ2v) is 7.12. The largest absolute Gasteiger partial charge is 0.497 e. The lowest BCUT2D eigenvalue weighted by Gasteiger charge is -2.35. The summed E-state index contributed by atoms with van der Waals surface area (Å²) in [7, 11) is 3.45. The number of guanidine groups is 1. The van der Waals surface area contributed by atoms with Crippen LogP contribution in [-0.4, -0.2) is 62.8 Å². The fourth-order valence-corrected chi connectivity index (χ4v) is 3.40. The molecule has 1 aromatic carbocycles. The first-order chi connectivity index (χ1) is 14.2. The molecule has 3 rings (SSSR count). The minimum Gasteiger partial charge on any atom is -0.497 e. The van der Waals surface area contributed by atoms with Gasteiger partial charge < -0.3 is 20.1 Å². The van der Waals surface area contributed by atoms with Crippen molar-refractivity contribution in [3.63, 3.8) is 0 Å². The first-order valence-corrected chi connectivity index (χ1v) is 10.1. The van der Waals surface area contributed by atoms with Crippen LogP contribution in [0.3, 0.4) is 0 Å². The third kappa shape index (κ3) is 6.32. The zero-order valence-corrected chi connectivity index (χ0v) is 17.7. The molecule has 2 heterocycles. The van der Waals surface area contributed by atoms with Gasteiger partial charge in [0, 0.05) is 39.4 Å². The highest BCUT2D eigenvalue weighted by Gasteiger charge is 2.23. The average Bonchev–Trinajstić information content (AvgIpc) is 2.78. The van der Waals surface area contributed by atoms with Gasteiger partial charge in [0.05, 0.1) is 26.4 Å². The van der Waals surface area contributed by atoms with E-state index in [4.69, 9.17) is 21.1 Å². The van der Waals surface area contributed by atoms with E-state index in [0.717, 1.165) is 50.1 Å². The molecular weight excluding hydrogens is 390 g/mol. The van der Waals surface area contributed by atoms with Crippen molar-refractivity contribution in [2.75, 3.05) is 47.0 Å². The highest BCUT2D eigenvalue weighted by Crippen LogP contribution is 2.23. The Morgan fingerprint density at radius 3 is 2.59 bits per heavy atom. The van der Waals surface area contributed by atoms with Gasteiger partial charge in [-0.3, -0.25) is 9.89 Å². The molecule has 1 aromatic heterocycles. The van der Waals surface area contributed by atoms with Gasteiger partial charge in [-0.15, -0.1) is 0 Å². The molecule has 0 saturated carbocycles. The van der Waals surface area contributed by atoms with Crippen molar-refractivity contribution < 1.29 is 9.47 Å². The summed E-state index contributed by atoms with van der Waals surface area (Å²) in [6.07, 6.45) is 1.76. The minimum atomic E-state index is 0.209. The molecule has 1 aliphatic rings. The fourth-order valence-electron chi connectivity index (χ4n) is 3.28. The third-order valence-corrected chi connectivity index (χ3v) is 5.15. The number of methoxy groups -OCH3 is 1. The quantitative estimate of drug-likeness (QED) is 0.409. The number of hydrogen-bond donors (Lipinski definition) is 2. The molecule has 2 aromatic rings. The Bertz CT molecular complexity index is 777. The Labute approximate surface area is 177 Å². The van der Waals surface area contributed by atoms with Gasteiger partial charge in [0.2, 0.25) is 0 Å². The van der Waals surface area contributed by atoms with E-state index >= 15 is 0 Å². The molecule has 1 saturated heterocycles. The molecule has 29 heavy (non-hydrogen) atoms. The molecule has 0 aliphatic carbocycles. The smallest absolute Gasteiger partial charge is 0.191 e. The molecular formula is C21H28ClN5O2. The molecule has 0 radical (unpaired) electrons. The van der Waals surface area contributed by atoms with Crippen molar-refractivity contribution in [1.29, 1.82) is 0 Å². The lowest BCUT2D eigenvalue weighted by molar-refractivity contribution is 0.0170. The number of ether oxygens (including phenoxy) is 2. The summed E-state index contributed by atoms with van der Waals surface area (Å²) in [5.41, 5.74) is 2.27. The van der Waals surface area contributed by atoms with E-state index < -0.39 is 0 Å². The normalized spacial score (nSPS) is 16.3. The van der Waals surface area contributed by atoms with E-state index in [1.807, 2.05) is 18.2 Å². The second-order valence-electron chi connectivity index (χ2n) is 6.73. The van der Waals surface area contributed by atoms with Crippen LogP contribution in [0.25, 0.3) is 0 Å². The standard InChI is InChI=1S/C21H28ClN5O2/c1-23-21(25-14-16-3-8-20(22)24-13-16)26-15-19(27-9-11-29-12-10-27)17-4-6-18(28-2)7-5-17/h3-8,13,19H,9-12,14-15H2,1-2H3,(H2,23,25,26). The molecule has 1 fully saturated rings. The van der Waals surface area contributed by atoms with Gasteiger partial charge in [-0.05, 0) is 29.3 Å². The maximum Gasteiger partial charge on any atom is 0.191 e. The van der Waals surface area contributed by atoms with Crippen molar-refractivity contribution in [2.45, 2.75) is 12.6 Å². The molecule has 0 spiro atoms. The Kier molecular flexibility index (Phi) is 8.10. The summed E-state index contributed by atoms with van der Waals surface area (Å²) in [6.45, 7) is 4.66. The molecule has 0 bridgehead atoms. The van der Waals surface area contributed by atoms with Crippen LogP contribution in [0.1, 0.15) is 17.2 Å². The molecule has 0 amide bonds. The van der Waals surface area contributed by atoms with Crippen LogP contribution in [0, 0.1) is 0 Å². The summed E-state index contributed by atoms with van der Waals surface area (Å²) in [4.78, 5) is 10.9. The van der Waals surface area contributed by atoms with Crippen molar-refractivity contribution in [3.05, 3.63) is 58.9 Å². The predicted molar refractivity (Wildman–Crippen MR) is 116 cm³/mol. The average molecular weight is 418 g/mol. The summed E-state index contributed by atoms with van der Waals surface area (Å²) in [6, 6.07) is 12.2. The fraction of sp³-hybridized carbons (Fsp3) is 0.429. The zero-order valence-electron chi connectivity index (χ0n) is 16.9. The summed E-state index contributed by atoms with van der Waals surface area (Å²) in [5, 5.41) is 7.27. The van der Waals surface area contributed by atoms with Gasteiger partial charge in [-0.2, -0.15) is 0 Å². The lowest BCUT2D eigenvalue weighted by Crippen LogP contribution is -2.46. The Morgan fingerprint density at radius 2 is 1.97 bits per heavy atom. The van der Waals surface area contributed by atoms with Crippen molar-refractivity contribution in [2.24, 2.45) is 4.99 Å². The van der Waals surface area contributed by atoms with E-state index in [2.05, 4.69) is 37.6 Å². The van der Waals surface area contributed by atoms with Crippen LogP contribution < -0.4 is 15.4 Å². The first-order valence-electron chi connectivity index (χ1n) is 9.70. The predicted octanol–water partition coefficient (Wildman–Crippen LogP) is 2.48. The van der Waals surface area contributed by atoms with Gasteiger partial charge in [-0.25, -0.2) is 4.98 Å². The van der Waals surface area contributed by atoms with Crippen LogP contribution in [-0.2, 0) is 11.3 Å². The number of aromatic nitrogens is 1. The monoisotopic (exact) mass is 417 g/mol. The maximum absolute atomic E-state index is 5.85. The molecule has 1 aliphatic heterocycles. The summed E-state index contributed by atoms with van der Waals surface area (Å²) < 4.78 is 10.8. The maximum atomic E-state index is 5.85. The summed E-state index contributed by atoms with van der Waals surface area (Å²) >= 11 is 5.85. The Morgan fingerprint density at radius 1 is 1.21 bits per heavy atom. The molecule has 2 N–H and O–H groups in total. The van der Waals surface area contributed by atoms with E-state index in [1.165, 1.54) is 5.56 Å². The lowest BCUT2D eigenvalue weighted by atomic mass is 10.0. The first kappa shape index (κ1) is 21.4. The van der Waals surface area contributed by atoms with Gasteiger partial charge in [-0.1, -0.05) is 29.8 Å². The highest BCUT2D eigenvalue weighted by atomic mass is 35.5. The van der Waals surface area contributed by atoms with Crippen molar-refractivity contribution >= 4 is 17.6 Å². The topological polar surface area (TPSA) is 71.0 Å². The number of morpholine rings is 1. The Balaban J connectivity index is 1.63. The number of halogens is 1. The van der Waals surface area contributed by atoms with E-state index in [1.54, 1.807) is 26.4 Å². The van der Waals surface area contributed by atoms with Gasteiger partial charge in [0.1, 0.15) is 10.9 Å². The van der Waals surface area contributed by atoms with Gasteiger partial charge in [0.15, 0.2) is 5.96 Å². The number of hydrogen-bond acceptors (Lipinski definition) is 5. The van der Waals surface area contributed by atoms with Gasteiger partial charge in [0.25, 0.3) is 0 Å². The van der Waals surface area contributed by atoms with E-state index in [0.29, 0.717) is 11.7 Å². The van der Waals surface area contributed by atoms with E-state index in [-0.39, 0.29) is 6.04 Å². The minimum absolute atomic E-state index is 0.209. The van der Waals surface area contributed by atoms with Crippen LogP contribution >= 0.6 is 11.6 Å². The zero-order chi connectivity index (χ0) is 20.5. The second kappa shape index (κ2) is 11.0. The molecule has 8 heteroatoms. The SMILES string of the molecule is CN=C(NCc1ccc(Cl)nc1)NCC(c1ccc(OC)cc1)N1CCOCC1. The number of pyridine rings is 1. The van der Waals surface area contributed by atoms with E-state index in [9.17, 15) is 0 Å². The number of aliphatic imine (C=N–C) groups is 1. The van der Waals surface area contributed by atoms with Crippen LogP contribution in [0.5, 0.6) is 5.75 Å². The summed E-state index contributed by atoms with van der Waals surface area (Å²) in [5.74, 6) is 1.60. The Hall–Kier alpha value is -2.35. The van der Waals surface area contributed by atoms with Crippen LogP contribution in [0.15, 0.2) is 47.6 Å². The van der Waals surface area contributed by atoms with Crippen LogP contribution in [0.4, 0.5) is 0 Å². The molecule has 156 valence electrons. The van der Waals surface area contributed by atoms with Gasteiger partial charge >= 0.3 is 0 Å². The number of rotatable bonds is 7.